The number of ketones is 1. The van der Waals surface area contributed by atoms with Gasteiger partial charge in [-0.1, -0.05) is 78.9 Å². The van der Waals surface area contributed by atoms with Gasteiger partial charge >= 0.3 is 0 Å². The van der Waals surface area contributed by atoms with Crippen molar-refractivity contribution in [1.82, 2.24) is 9.88 Å². The summed E-state index contributed by atoms with van der Waals surface area (Å²) in [6, 6.07) is 32.4. The average molecular weight is 533 g/mol. The van der Waals surface area contributed by atoms with Crippen molar-refractivity contribution in [2.24, 2.45) is 0 Å². The van der Waals surface area contributed by atoms with Crippen molar-refractivity contribution < 1.29 is 14.6 Å². The molecule has 4 aromatic carbocycles. The fourth-order valence-electron chi connectivity index (χ4n) is 5.78. The van der Waals surface area contributed by atoms with Crippen molar-refractivity contribution in [1.29, 1.82) is 0 Å². The maximum Gasteiger partial charge on any atom is 0.217 e. The molecule has 0 spiro atoms. The van der Waals surface area contributed by atoms with Gasteiger partial charge in [0.1, 0.15) is 11.4 Å². The maximum atomic E-state index is 13.1. The third-order valence-corrected chi connectivity index (χ3v) is 7.64. The molecule has 0 fully saturated rings. The second kappa shape index (κ2) is 11.6. The molecule has 0 saturated carbocycles. The monoisotopic (exact) mass is 532 g/mol. The number of Topliss-reactive ketones (excluding diaryl/α,β-unsaturated/α-hetero) is 1. The van der Waals surface area contributed by atoms with Gasteiger partial charge in [0.15, 0.2) is 0 Å². The highest BCUT2D eigenvalue weighted by Crippen LogP contribution is 2.49. The summed E-state index contributed by atoms with van der Waals surface area (Å²) in [4.78, 5) is 18.9. The first-order valence-corrected chi connectivity index (χ1v) is 13.7. The minimum Gasteiger partial charge on any atom is -0.481 e. The number of nitrogens with zero attached hydrogens (tertiary/aromatic N) is 2. The number of carbonyl (C=O) groups is 1. The topological polar surface area (TPSA) is 62.7 Å². The molecule has 40 heavy (non-hydrogen) atoms. The molecule has 1 aromatic heterocycles. The fourth-order valence-corrected chi connectivity index (χ4v) is 5.78. The molecule has 0 aliphatic rings. The Morgan fingerprint density at radius 1 is 0.925 bits per heavy atom. The van der Waals surface area contributed by atoms with E-state index in [4.69, 9.17) is 9.72 Å². The number of aromatic nitrogens is 1. The molecule has 0 aliphatic carbocycles. The maximum absolute atomic E-state index is 13.1. The van der Waals surface area contributed by atoms with Crippen molar-refractivity contribution in [3.05, 3.63) is 119 Å². The molecule has 204 valence electrons. The molecule has 5 heteroatoms. The molecule has 5 nitrogen and oxygen atoms in total. The molecule has 1 heterocycles. The van der Waals surface area contributed by atoms with E-state index in [9.17, 15) is 9.90 Å². The van der Waals surface area contributed by atoms with Gasteiger partial charge in [-0.05, 0) is 73.1 Å². The van der Waals surface area contributed by atoms with Crippen LogP contribution in [-0.4, -0.2) is 48.5 Å². The normalized spacial score (nSPS) is 13.8. The van der Waals surface area contributed by atoms with Crippen LogP contribution in [0.2, 0.25) is 0 Å². The number of aliphatic hydroxyl groups is 1. The zero-order chi connectivity index (χ0) is 28.3. The van der Waals surface area contributed by atoms with Crippen LogP contribution in [-0.2, 0) is 16.8 Å². The third-order valence-electron chi connectivity index (χ3n) is 7.64. The van der Waals surface area contributed by atoms with E-state index in [2.05, 4.69) is 41.3 Å². The van der Waals surface area contributed by atoms with Crippen LogP contribution >= 0.6 is 0 Å². The van der Waals surface area contributed by atoms with Gasteiger partial charge in [0.25, 0.3) is 0 Å². The average Bonchev–Trinajstić information content (AvgIpc) is 2.95. The van der Waals surface area contributed by atoms with Crippen molar-refractivity contribution in [3.63, 3.8) is 0 Å². The number of carbonyl (C=O) groups excluding carboxylic acids is 1. The zero-order valence-corrected chi connectivity index (χ0v) is 23.6. The van der Waals surface area contributed by atoms with E-state index < -0.39 is 11.5 Å². The second-order valence-electron chi connectivity index (χ2n) is 10.8. The molecule has 0 amide bonds. The number of fused-ring (bicyclic) bond motifs is 2. The Hall–Kier alpha value is -4.06. The molecule has 2 unspecified atom stereocenters. The van der Waals surface area contributed by atoms with Crippen molar-refractivity contribution in [2.45, 2.75) is 31.3 Å². The minimum atomic E-state index is -1.30. The van der Waals surface area contributed by atoms with E-state index in [-0.39, 0.29) is 5.78 Å². The lowest BCUT2D eigenvalue weighted by atomic mass is 9.70. The molecule has 0 bridgehead atoms. The number of methoxy groups -OCH3 is 1. The Kier molecular flexibility index (Phi) is 7.97. The lowest BCUT2D eigenvalue weighted by molar-refractivity contribution is -0.116. The van der Waals surface area contributed by atoms with E-state index in [0.29, 0.717) is 25.3 Å². The van der Waals surface area contributed by atoms with Crippen LogP contribution in [0, 0.1) is 0 Å². The summed E-state index contributed by atoms with van der Waals surface area (Å²) in [5.74, 6) is 0.101. The quantitative estimate of drug-likeness (QED) is 0.222. The van der Waals surface area contributed by atoms with Crippen molar-refractivity contribution >= 4 is 27.5 Å². The van der Waals surface area contributed by atoms with Gasteiger partial charge in [-0.15, -0.1) is 0 Å². The Labute approximate surface area is 236 Å². The van der Waals surface area contributed by atoms with E-state index in [1.54, 1.807) is 14.0 Å². The first-order chi connectivity index (χ1) is 19.3. The Bertz CT molecular complexity index is 1640. The van der Waals surface area contributed by atoms with Crippen LogP contribution in [0.4, 0.5) is 0 Å². The SMILES string of the molecule is COc1nc2ccc(CC(C)=O)cc2cc1C(c1ccccc1)C(O)(CCN(C)C)c1cccc2ccccc12. The fraction of sp³-hybridized carbons (Fsp3) is 0.257. The van der Waals surface area contributed by atoms with E-state index in [1.165, 1.54) is 0 Å². The van der Waals surface area contributed by atoms with Crippen LogP contribution in [0.15, 0.2) is 97.1 Å². The minimum absolute atomic E-state index is 0.109. The Morgan fingerprint density at radius 3 is 2.38 bits per heavy atom. The summed E-state index contributed by atoms with van der Waals surface area (Å²) in [5.41, 5.74) is 3.06. The van der Waals surface area contributed by atoms with Gasteiger partial charge in [-0.3, -0.25) is 4.79 Å². The number of ether oxygens (including phenoxy) is 1. The van der Waals surface area contributed by atoms with E-state index in [1.807, 2.05) is 74.8 Å². The Morgan fingerprint density at radius 2 is 1.65 bits per heavy atom. The first-order valence-electron chi connectivity index (χ1n) is 13.7. The predicted molar refractivity (Wildman–Crippen MR) is 162 cm³/mol. The van der Waals surface area contributed by atoms with Crippen LogP contribution in [0.25, 0.3) is 21.7 Å². The molecule has 0 aliphatic heterocycles. The largest absolute Gasteiger partial charge is 0.481 e. The molecule has 2 atom stereocenters. The summed E-state index contributed by atoms with van der Waals surface area (Å²) >= 11 is 0. The van der Waals surface area contributed by atoms with E-state index >= 15 is 0 Å². The van der Waals surface area contributed by atoms with Crippen LogP contribution < -0.4 is 4.74 Å². The highest BCUT2D eigenvalue weighted by atomic mass is 16.5. The van der Waals surface area contributed by atoms with Gasteiger partial charge in [-0.2, -0.15) is 0 Å². The number of rotatable bonds is 10. The highest BCUT2D eigenvalue weighted by Gasteiger charge is 2.43. The van der Waals surface area contributed by atoms with Gasteiger partial charge in [0.2, 0.25) is 5.88 Å². The second-order valence-corrected chi connectivity index (χ2v) is 10.8. The number of hydrogen-bond acceptors (Lipinski definition) is 5. The van der Waals surface area contributed by atoms with E-state index in [0.717, 1.165) is 43.9 Å². The van der Waals surface area contributed by atoms with Crippen molar-refractivity contribution in [3.8, 4) is 5.88 Å². The van der Waals surface area contributed by atoms with Gasteiger partial charge in [0.05, 0.1) is 12.6 Å². The zero-order valence-electron chi connectivity index (χ0n) is 23.6. The molecule has 0 saturated heterocycles. The Balaban J connectivity index is 1.81. The molecule has 1 N–H and O–H groups in total. The summed E-state index contributed by atoms with van der Waals surface area (Å²) in [6.07, 6.45) is 0.849. The predicted octanol–water partition coefficient (Wildman–Crippen LogP) is 6.50. The highest BCUT2D eigenvalue weighted by molar-refractivity contribution is 5.87. The standard InChI is InChI=1S/C35H36N2O3/c1-24(38)21-25-17-18-32-28(22-25)23-30(34(36-32)40-4)33(27-12-6-5-7-13-27)35(39,19-20-37(2)3)31-16-10-14-26-11-8-9-15-29(26)31/h5-18,22-23,33,39H,19-21H2,1-4H3. The molecule has 0 radical (unpaired) electrons. The van der Waals surface area contributed by atoms with Crippen LogP contribution in [0.1, 0.15) is 41.5 Å². The van der Waals surface area contributed by atoms with Crippen molar-refractivity contribution in [2.75, 3.05) is 27.7 Å². The smallest absolute Gasteiger partial charge is 0.217 e. The lowest BCUT2D eigenvalue weighted by Crippen LogP contribution is -2.38. The molecular formula is C35H36N2O3. The van der Waals surface area contributed by atoms with Gasteiger partial charge in [-0.25, -0.2) is 4.98 Å². The van der Waals surface area contributed by atoms with Crippen LogP contribution in [0.5, 0.6) is 5.88 Å². The summed E-state index contributed by atoms with van der Waals surface area (Å²) in [5, 5.41) is 16.1. The number of hydrogen-bond donors (Lipinski definition) is 1. The van der Waals surface area contributed by atoms with Gasteiger partial charge < -0.3 is 14.7 Å². The third kappa shape index (κ3) is 5.48. The molecular weight excluding hydrogens is 496 g/mol. The summed E-state index contributed by atoms with van der Waals surface area (Å²) in [6.45, 7) is 2.28. The van der Waals surface area contributed by atoms with Crippen LogP contribution in [0.3, 0.4) is 0 Å². The summed E-state index contributed by atoms with van der Waals surface area (Å²) in [7, 11) is 5.67. The number of pyridine rings is 1. The molecule has 5 aromatic rings. The number of benzene rings is 4. The lowest BCUT2D eigenvalue weighted by Gasteiger charge is -2.39. The molecule has 5 rings (SSSR count). The first kappa shape index (κ1) is 27.5. The van der Waals surface area contributed by atoms with Gasteiger partial charge in [0, 0.05) is 29.8 Å². The summed E-state index contributed by atoms with van der Waals surface area (Å²) < 4.78 is 5.91.